The van der Waals surface area contributed by atoms with E-state index in [4.69, 9.17) is 9.94 Å². The number of allylic oxidation sites excluding steroid dienone is 2. The Morgan fingerprint density at radius 1 is 1.37 bits per heavy atom. The van der Waals surface area contributed by atoms with Crippen LogP contribution in [0, 0.1) is 11.6 Å². The lowest BCUT2D eigenvalue weighted by molar-refractivity contribution is 0.0168. The lowest BCUT2D eigenvalue weighted by Gasteiger charge is -2.16. The van der Waals surface area contributed by atoms with Crippen molar-refractivity contribution in [2.75, 3.05) is 25.6 Å². The number of carbonyl (C=O) groups is 1. The quantitative estimate of drug-likeness (QED) is 0.222. The minimum atomic E-state index is -1.41. The standard InChI is InChI=1S/C16H15F3IN3O4/c1-26-21-8-9-6-10(16(25)23-27-5-4-24)15(14(19)13(9)18)22-12-2-3-20-7-11(12)17/h2-3,6-8,22,24H,4-5H2,1H3,(H,23,25)/b21-8+. The van der Waals surface area contributed by atoms with Crippen molar-refractivity contribution in [3.05, 3.63) is 50.5 Å². The van der Waals surface area contributed by atoms with Gasteiger partial charge in [0.05, 0.1) is 36.4 Å². The predicted octanol–water partition coefficient (Wildman–Crippen LogP) is 2.49. The zero-order valence-corrected chi connectivity index (χ0v) is 16.1. The second kappa shape index (κ2) is 10.2. The van der Waals surface area contributed by atoms with Crippen LogP contribution in [0.2, 0.25) is 0 Å². The zero-order chi connectivity index (χ0) is 19.8. The maximum atomic E-state index is 14.6. The first-order chi connectivity index (χ1) is 13.0. The van der Waals surface area contributed by atoms with Crippen LogP contribution < -0.4 is 10.8 Å². The third-order valence-corrected chi connectivity index (χ3v) is 4.79. The Bertz CT molecular complexity index is 841. The highest BCUT2D eigenvalue weighted by Crippen LogP contribution is 2.29. The van der Waals surface area contributed by atoms with Crippen LogP contribution in [0.15, 0.2) is 32.9 Å². The van der Waals surface area contributed by atoms with Crippen molar-refractivity contribution in [2.24, 2.45) is 5.16 Å². The van der Waals surface area contributed by atoms with E-state index in [2.05, 4.69) is 15.3 Å². The number of nitrogens with zero attached hydrogens (tertiary/aromatic N) is 1. The number of anilines is 1. The molecule has 7 nitrogen and oxygen atoms in total. The summed E-state index contributed by atoms with van der Waals surface area (Å²) < 4.78 is 45.9. The third kappa shape index (κ3) is 5.37. The summed E-state index contributed by atoms with van der Waals surface area (Å²) in [5, 5.41) is 14.4. The fraction of sp³-hybridized carbons (Fsp3) is 0.188. The fourth-order valence-corrected chi connectivity index (χ4v) is 3.36. The Labute approximate surface area is 162 Å². The highest BCUT2D eigenvalue weighted by molar-refractivity contribution is 14.2. The molecule has 0 unspecified atom stereocenters. The molecule has 11 heteroatoms. The molecule has 1 aromatic carbocycles. The molecule has 1 aromatic rings. The van der Waals surface area contributed by atoms with Crippen molar-refractivity contribution in [2.45, 2.75) is 0 Å². The summed E-state index contributed by atoms with van der Waals surface area (Å²) in [5.74, 6) is -4.27. The van der Waals surface area contributed by atoms with Crippen molar-refractivity contribution in [3.8, 4) is 0 Å². The molecule has 0 aromatic heterocycles. The maximum absolute atomic E-state index is 14.6. The molecule has 3 N–H and O–H groups in total. The van der Waals surface area contributed by atoms with Gasteiger partial charge in [-0.3, -0.25) is 9.63 Å². The van der Waals surface area contributed by atoms with Gasteiger partial charge in [-0.05, 0) is 16.2 Å². The van der Waals surface area contributed by atoms with E-state index in [-0.39, 0.29) is 30.0 Å². The molecule has 2 rings (SSSR count). The normalized spacial score (nSPS) is 13.7. The highest BCUT2D eigenvalue weighted by atomic mass is 127. The number of aliphatic hydroxyl groups is 1. The van der Waals surface area contributed by atoms with Crippen LogP contribution in [0.3, 0.4) is 0 Å². The second-order valence-corrected chi connectivity index (χ2v) is 6.91. The number of carbonyl (C=O) groups excluding carboxylic acids is 1. The number of hydrogen-bond donors (Lipinski definition) is 3. The number of aliphatic hydroxyl groups excluding tert-OH is 1. The first-order valence-electron chi connectivity index (χ1n) is 7.39. The lowest BCUT2D eigenvalue weighted by Crippen LogP contribution is -2.27. The average Bonchev–Trinajstić information content (AvgIpc) is 2.66. The largest absolute Gasteiger partial charge is 0.399 e. The van der Waals surface area contributed by atoms with Gasteiger partial charge in [-0.2, -0.15) is 0 Å². The summed E-state index contributed by atoms with van der Waals surface area (Å²) in [5.41, 5.74) is 0.577. The van der Waals surface area contributed by atoms with E-state index in [1.807, 2.05) is 5.48 Å². The van der Waals surface area contributed by atoms with Gasteiger partial charge in [-0.15, -0.1) is 0 Å². The van der Waals surface area contributed by atoms with E-state index >= 15 is 0 Å². The molecule has 1 heterocycles. The summed E-state index contributed by atoms with van der Waals surface area (Å²) in [6, 6.07) is 1.00. The number of hydroxylamine groups is 1. The summed E-state index contributed by atoms with van der Waals surface area (Å²) >= 11 is -0.587. The summed E-state index contributed by atoms with van der Waals surface area (Å²) in [4.78, 5) is 21.4. The number of halogens is 4. The van der Waals surface area contributed by atoms with E-state index in [0.717, 1.165) is 12.3 Å². The monoisotopic (exact) mass is 497 g/mol. The molecule has 0 saturated carbocycles. The molecule has 0 saturated heterocycles. The maximum Gasteiger partial charge on any atom is 0.277 e. The Morgan fingerprint density at radius 3 is 2.81 bits per heavy atom. The molecule has 1 amide bonds. The van der Waals surface area contributed by atoms with Crippen LogP contribution >= 0.6 is 20.7 Å². The Hall–Kier alpha value is -2.25. The highest BCUT2D eigenvalue weighted by Gasteiger charge is 2.23. The minimum Gasteiger partial charge on any atom is -0.399 e. The zero-order valence-electron chi connectivity index (χ0n) is 13.9. The third-order valence-electron chi connectivity index (χ3n) is 3.11. The van der Waals surface area contributed by atoms with E-state index in [1.165, 1.54) is 17.2 Å². The van der Waals surface area contributed by atoms with Crippen LogP contribution in [0.25, 0.3) is 0 Å². The molecule has 0 fully saturated rings. The predicted molar refractivity (Wildman–Crippen MR) is 102 cm³/mol. The van der Waals surface area contributed by atoms with E-state index < -0.39 is 49.8 Å². The first kappa shape index (κ1) is 21.1. The van der Waals surface area contributed by atoms with Gasteiger partial charge < -0.3 is 15.3 Å². The number of rotatable bonds is 8. The molecule has 0 radical (unpaired) electrons. The van der Waals surface area contributed by atoms with Crippen molar-refractivity contribution < 1.29 is 32.7 Å². The van der Waals surface area contributed by atoms with Gasteiger partial charge >= 0.3 is 0 Å². The van der Waals surface area contributed by atoms with E-state index in [1.54, 1.807) is 4.08 Å². The average molecular weight is 497 g/mol. The molecule has 146 valence electrons. The van der Waals surface area contributed by atoms with Gasteiger partial charge in [0.25, 0.3) is 5.91 Å². The Balaban J connectivity index is 2.50. The van der Waals surface area contributed by atoms with E-state index in [9.17, 15) is 18.0 Å². The molecule has 27 heavy (non-hydrogen) atoms. The Kier molecular flexibility index (Phi) is 7.94. The van der Waals surface area contributed by atoms with Crippen molar-refractivity contribution in [1.82, 2.24) is 5.48 Å². The first-order valence-corrected chi connectivity index (χ1v) is 9.88. The van der Waals surface area contributed by atoms with Crippen molar-refractivity contribution in [1.29, 1.82) is 0 Å². The molecular formula is C16H15F3IN3O4. The number of nitrogens with one attached hydrogen (secondary N) is 2. The second-order valence-electron chi connectivity index (χ2n) is 4.85. The number of hydrogen-bond acceptors (Lipinski definition) is 6. The molecule has 0 bridgehead atoms. The molecule has 1 aliphatic heterocycles. The van der Waals surface area contributed by atoms with Crippen molar-refractivity contribution in [3.63, 3.8) is 0 Å². The summed E-state index contributed by atoms with van der Waals surface area (Å²) in [7, 11) is 1.21. The fourth-order valence-electron chi connectivity index (χ4n) is 1.93. The molecule has 1 aliphatic rings. The summed E-state index contributed by atoms with van der Waals surface area (Å²) in [6.07, 6.45) is 2.27. The van der Waals surface area contributed by atoms with Crippen LogP contribution in [0.5, 0.6) is 0 Å². The van der Waals surface area contributed by atoms with Crippen molar-refractivity contribution >= 4 is 42.6 Å². The van der Waals surface area contributed by atoms with Gasteiger partial charge in [-0.1, -0.05) is 25.9 Å². The molecule has 0 aliphatic carbocycles. The summed E-state index contributed by atoms with van der Waals surface area (Å²) in [6.45, 7) is -0.575. The number of benzene rings is 1. The van der Waals surface area contributed by atoms with E-state index in [0.29, 0.717) is 0 Å². The van der Waals surface area contributed by atoms with Crippen LogP contribution in [-0.2, 0) is 9.68 Å². The van der Waals surface area contributed by atoms with Crippen LogP contribution in [0.1, 0.15) is 15.9 Å². The molecular weight excluding hydrogens is 482 g/mol. The van der Waals surface area contributed by atoms with Crippen LogP contribution in [0.4, 0.5) is 18.9 Å². The minimum absolute atomic E-state index is 0.108. The van der Waals surface area contributed by atoms with Gasteiger partial charge in [-0.25, -0.2) is 18.7 Å². The van der Waals surface area contributed by atoms with Gasteiger partial charge in [0.15, 0.2) is 17.5 Å². The number of amides is 1. The topological polar surface area (TPSA) is 92.2 Å². The molecule has 0 spiro atoms. The van der Waals surface area contributed by atoms with Crippen LogP contribution in [-0.4, -0.2) is 41.6 Å². The lowest BCUT2D eigenvalue weighted by atomic mass is 10.1. The number of oxime groups is 1. The van der Waals surface area contributed by atoms with Gasteiger partial charge in [0.2, 0.25) is 0 Å². The van der Waals surface area contributed by atoms with Gasteiger partial charge in [0.1, 0.15) is 7.11 Å². The Morgan fingerprint density at radius 2 is 2.15 bits per heavy atom. The molecule has 0 atom stereocenters. The smallest absolute Gasteiger partial charge is 0.277 e. The van der Waals surface area contributed by atoms with Gasteiger partial charge in [0, 0.05) is 9.58 Å². The SMILES string of the molecule is CO/N=C/c1cc(C(=O)NOCCO)c(NC2=C(F)C=IC=C2)c(F)c1F.